The Hall–Kier alpha value is -0.510. The van der Waals surface area contributed by atoms with Gasteiger partial charge in [0.1, 0.15) is 0 Å². The van der Waals surface area contributed by atoms with E-state index >= 15 is 0 Å². The Morgan fingerprint density at radius 3 is 2.78 bits per heavy atom. The summed E-state index contributed by atoms with van der Waals surface area (Å²) in [7, 11) is 0. The van der Waals surface area contributed by atoms with Crippen LogP contribution in [0, 0.1) is 5.92 Å². The van der Waals surface area contributed by atoms with Gasteiger partial charge >= 0.3 is 5.17 Å². The molecule has 2 rings (SSSR count). The highest BCUT2D eigenvalue weighted by atomic mass is 32.1. The standard InChI is InChI=1S/C5H6N2OS/c9-5-7-6-4(8-5)3-1-2-3/h3-4H,1-2H2. The zero-order valence-electron chi connectivity index (χ0n) is 4.78. The van der Waals surface area contributed by atoms with Crippen LogP contribution in [0.3, 0.4) is 0 Å². The van der Waals surface area contributed by atoms with Gasteiger partial charge in [0.25, 0.3) is 0 Å². The molecule has 1 unspecified atom stereocenters. The molecular formula is C5H6N2OS. The maximum absolute atomic E-state index is 5.08. The molecule has 2 aliphatic rings. The van der Waals surface area contributed by atoms with Crippen LogP contribution in [-0.4, -0.2) is 11.4 Å². The normalized spacial score (nSPS) is 32.9. The highest BCUT2D eigenvalue weighted by molar-refractivity contribution is 7.80. The number of hydrogen-bond donors (Lipinski definition) is 0. The van der Waals surface area contributed by atoms with E-state index in [2.05, 4.69) is 22.4 Å². The third-order valence-corrected chi connectivity index (χ3v) is 1.68. The summed E-state index contributed by atoms with van der Waals surface area (Å²) in [5, 5.41) is 7.75. The number of azo groups is 1. The molecule has 0 spiro atoms. The van der Waals surface area contributed by atoms with Gasteiger partial charge in [0.05, 0.1) is 0 Å². The summed E-state index contributed by atoms with van der Waals surface area (Å²) in [4.78, 5) is 0. The molecule has 1 saturated carbocycles. The van der Waals surface area contributed by atoms with E-state index in [1.54, 1.807) is 0 Å². The van der Waals surface area contributed by atoms with Gasteiger partial charge in [0.2, 0.25) is 6.23 Å². The van der Waals surface area contributed by atoms with Gasteiger partial charge in [-0.05, 0) is 25.1 Å². The molecule has 1 atom stereocenters. The molecule has 0 bridgehead atoms. The molecule has 1 aliphatic heterocycles. The fourth-order valence-corrected chi connectivity index (χ4v) is 0.972. The van der Waals surface area contributed by atoms with Gasteiger partial charge in [0, 0.05) is 5.92 Å². The molecule has 9 heavy (non-hydrogen) atoms. The highest BCUT2D eigenvalue weighted by Gasteiger charge is 2.35. The van der Waals surface area contributed by atoms with E-state index in [0.29, 0.717) is 11.1 Å². The molecule has 3 nitrogen and oxygen atoms in total. The predicted molar refractivity (Wildman–Crippen MR) is 35.1 cm³/mol. The van der Waals surface area contributed by atoms with Crippen LogP contribution in [0.15, 0.2) is 10.2 Å². The molecule has 1 fully saturated rings. The summed E-state index contributed by atoms with van der Waals surface area (Å²) in [5.41, 5.74) is 0. The maximum atomic E-state index is 5.08. The van der Waals surface area contributed by atoms with Crippen LogP contribution in [0.2, 0.25) is 0 Å². The maximum Gasteiger partial charge on any atom is 0.304 e. The molecule has 4 heteroatoms. The second-order valence-electron chi connectivity index (χ2n) is 2.33. The zero-order valence-corrected chi connectivity index (χ0v) is 5.60. The molecule has 0 N–H and O–H groups in total. The molecule has 0 aromatic carbocycles. The highest BCUT2D eigenvalue weighted by Crippen LogP contribution is 2.36. The number of rotatable bonds is 1. The lowest BCUT2D eigenvalue weighted by Gasteiger charge is -2.00. The lowest BCUT2D eigenvalue weighted by molar-refractivity contribution is 0.197. The molecule has 0 amide bonds. The molecule has 0 aromatic rings. The molecule has 1 heterocycles. The Bertz CT molecular complexity index is 176. The number of thiocarbonyl (C=S) groups is 1. The average Bonchev–Trinajstić information content (AvgIpc) is 2.58. The van der Waals surface area contributed by atoms with E-state index in [1.165, 1.54) is 12.8 Å². The Labute approximate surface area is 58.1 Å². The predicted octanol–water partition coefficient (Wildman–Crippen LogP) is 1.49. The molecule has 0 saturated heterocycles. The van der Waals surface area contributed by atoms with Crippen LogP contribution in [0.4, 0.5) is 0 Å². The van der Waals surface area contributed by atoms with Crippen LogP contribution >= 0.6 is 12.2 Å². The minimum absolute atomic E-state index is 0.0301. The Kier molecular flexibility index (Phi) is 1.02. The van der Waals surface area contributed by atoms with Crippen LogP contribution in [0.25, 0.3) is 0 Å². The fraction of sp³-hybridized carbons (Fsp3) is 0.800. The van der Waals surface area contributed by atoms with Crippen LogP contribution in [0.5, 0.6) is 0 Å². The molecule has 0 radical (unpaired) electrons. The van der Waals surface area contributed by atoms with Crippen molar-refractivity contribution >= 4 is 17.4 Å². The lowest BCUT2D eigenvalue weighted by atomic mass is 10.4. The van der Waals surface area contributed by atoms with Crippen LogP contribution in [0.1, 0.15) is 12.8 Å². The minimum Gasteiger partial charge on any atom is -0.440 e. The van der Waals surface area contributed by atoms with E-state index in [4.69, 9.17) is 4.74 Å². The van der Waals surface area contributed by atoms with E-state index in [0.717, 1.165) is 0 Å². The number of ether oxygens (including phenoxy) is 1. The summed E-state index contributed by atoms with van der Waals surface area (Å²) in [6.45, 7) is 0. The van der Waals surface area contributed by atoms with Gasteiger partial charge < -0.3 is 4.74 Å². The summed E-state index contributed by atoms with van der Waals surface area (Å²) in [6, 6.07) is 0. The second kappa shape index (κ2) is 1.73. The van der Waals surface area contributed by atoms with E-state index in [9.17, 15) is 0 Å². The Balaban J connectivity index is 2.01. The summed E-state index contributed by atoms with van der Waals surface area (Å²) in [5.74, 6) is 0.606. The quantitative estimate of drug-likeness (QED) is 0.520. The van der Waals surface area contributed by atoms with Gasteiger partial charge in [-0.15, -0.1) is 10.2 Å². The fourth-order valence-electron chi connectivity index (χ4n) is 0.826. The summed E-state index contributed by atoms with van der Waals surface area (Å²) < 4.78 is 5.08. The van der Waals surface area contributed by atoms with E-state index in [1.807, 2.05) is 0 Å². The van der Waals surface area contributed by atoms with Crippen molar-refractivity contribution in [2.45, 2.75) is 19.1 Å². The summed E-state index contributed by atoms with van der Waals surface area (Å²) in [6.07, 6.45) is 2.40. The molecule has 1 aliphatic carbocycles. The van der Waals surface area contributed by atoms with Crippen LogP contribution in [-0.2, 0) is 4.74 Å². The zero-order chi connectivity index (χ0) is 6.27. The monoisotopic (exact) mass is 142 g/mol. The topological polar surface area (TPSA) is 34.0 Å². The Morgan fingerprint density at radius 2 is 2.33 bits per heavy atom. The second-order valence-corrected chi connectivity index (χ2v) is 2.68. The lowest BCUT2D eigenvalue weighted by Crippen LogP contribution is -2.07. The first-order valence-corrected chi connectivity index (χ1v) is 3.38. The molecule has 48 valence electrons. The first-order valence-electron chi connectivity index (χ1n) is 2.98. The smallest absolute Gasteiger partial charge is 0.304 e. The van der Waals surface area contributed by atoms with Crippen molar-refractivity contribution in [2.75, 3.05) is 0 Å². The minimum atomic E-state index is -0.0301. The molecule has 0 aromatic heterocycles. The van der Waals surface area contributed by atoms with Crippen molar-refractivity contribution in [3.05, 3.63) is 0 Å². The van der Waals surface area contributed by atoms with E-state index in [-0.39, 0.29) is 6.23 Å². The third-order valence-electron chi connectivity index (χ3n) is 1.50. The van der Waals surface area contributed by atoms with Crippen molar-refractivity contribution in [3.63, 3.8) is 0 Å². The van der Waals surface area contributed by atoms with E-state index < -0.39 is 0 Å². The van der Waals surface area contributed by atoms with Gasteiger partial charge in [0.15, 0.2) is 0 Å². The van der Waals surface area contributed by atoms with Crippen molar-refractivity contribution < 1.29 is 4.74 Å². The van der Waals surface area contributed by atoms with Crippen molar-refractivity contribution in [1.29, 1.82) is 0 Å². The Morgan fingerprint density at radius 1 is 1.56 bits per heavy atom. The third kappa shape index (κ3) is 0.941. The summed E-state index contributed by atoms with van der Waals surface area (Å²) >= 11 is 4.66. The average molecular weight is 142 g/mol. The first-order chi connectivity index (χ1) is 4.36. The van der Waals surface area contributed by atoms with Crippen LogP contribution < -0.4 is 0 Å². The van der Waals surface area contributed by atoms with Gasteiger partial charge in [-0.2, -0.15) is 0 Å². The number of hydrogen-bond acceptors (Lipinski definition) is 3. The van der Waals surface area contributed by atoms with Crippen molar-refractivity contribution in [2.24, 2.45) is 16.1 Å². The van der Waals surface area contributed by atoms with Gasteiger partial charge in [-0.1, -0.05) is 0 Å². The van der Waals surface area contributed by atoms with Crippen molar-refractivity contribution in [3.8, 4) is 0 Å². The van der Waals surface area contributed by atoms with Gasteiger partial charge in [-0.3, -0.25) is 0 Å². The van der Waals surface area contributed by atoms with Crippen molar-refractivity contribution in [1.82, 2.24) is 0 Å². The number of nitrogens with zero attached hydrogens (tertiary/aromatic N) is 2. The molecular weight excluding hydrogens is 136 g/mol. The van der Waals surface area contributed by atoms with Gasteiger partial charge in [-0.25, -0.2) is 0 Å². The largest absolute Gasteiger partial charge is 0.440 e. The first kappa shape index (κ1) is 5.29. The SMILES string of the molecule is S=C1N=NC(C2CC2)O1.